The molecule has 0 fully saturated rings. The molecule has 0 aliphatic rings. The van der Waals surface area contributed by atoms with Crippen LogP contribution in [-0.2, 0) is 0 Å². The van der Waals surface area contributed by atoms with E-state index >= 15 is 0 Å². The van der Waals surface area contributed by atoms with Crippen LogP contribution in [0.3, 0.4) is 0 Å². The lowest BCUT2D eigenvalue weighted by atomic mass is 10.1. The average Bonchev–Trinajstić information content (AvgIpc) is 2.14. The summed E-state index contributed by atoms with van der Waals surface area (Å²) >= 11 is 3.42. The van der Waals surface area contributed by atoms with Crippen molar-refractivity contribution in [2.24, 2.45) is 0 Å². The van der Waals surface area contributed by atoms with Crippen LogP contribution in [0.25, 0.3) is 0 Å². The highest BCUT2D eigenvalue weighted by molar-refractivity contribution is 9.10. The van der Waals surface area contributed by atoms with Crippen LogP contribution in [0.1, 0.15) is 18.5 Å². The number of aliphatic hydroxyl groups excluding tert-OH is 1. The molecule has 3 heteroatoms. The van der Waals surface area contributed by atoms with Crippen LogP contribution in [0.4, 0.5) is 0 Å². The van der Waals surface area contributed by atoms with Crippen molar-refractivity contribution in [3.63, 3.8) is 0 Å². The quantitative estimate of drug-likeness (QED) is 0.850. The Labute approximate surface area is 87.1 Å². The van der Waals surface area contributed by atoms with Gasteiger partial charge in [0.1, 0.15) is 0 Å². The second kappa shape index (κ2) is 5.37. The standard InChI is InChI=1S/C10H14BrNO/c1-8(12-5-6-13)9-3-2-4-10(11)7-9/h2-4,7-8,12-13H,5-6H2,1H3/t8-/m1/s1. The van der Waals surface area contributed by atoms with Crippen molar-refractivity contribution in [3.05, 3.63) is 34.3 Å². The van der Waals surface area contributed by atoms with Crippen molar-refractivity contribution < 1.29 is 5.11 Å². The SMILES string of the molecule is C[C@@H](NCCO)c1cccc(Br)c1. The molecule has 1 aromatic rings. The number of aliphatic hydroxyl groups is 1. The molecule has 0 bridgehead atoms. The Hall–Kier alpha value is -0.380. The van der Waals surface area contributed by atoms with Crippen LogP contribution in [0, 0.1) is 0 Å². The number of nitrogens with one attached hydrogen (secondary N) is 1. The molecule has 1 atom stereocenters. The molecule has 0 amide bonds. The number of halogens is 1. The van der Waals surface area contributed by atoms with E-state index in [2.05, 4.69) is 40.3 Å². The van der Waals surface area contributed by atoms with Gasteiger partial charge in [-0.1, -0.05) is 28.1 Å². The molecule has 0 saturated heterocycles. The molecule has 0 radical (unpaired) electrons. The molecular weight excluding hydrogens is 230 g/mol. The fraction of sp³-hybridized carbons (Fsp3) is 0.400. The van der Waals surface area contributed by atoms with E-state index in [1.54, 1.807) is 0 Å². The zero-order chi connectivity index (χ0) is 9.68. The molecule has 0 saturated carbocycles. The van der Waals surface area contributed by atoms with Crippen molar-refractivity contribution in [1.29, 1.82) is 0 Å². The maximum atomic E-state index is 8.64. The van der Waals surface area contributed by atoms with Gasteiger partial charge in [0.2, 0.25) is 0 Å². The summed E-state index contributed by atoms with van der Waals surface area (Å²) in [6.45, 7) is 2.89. The molecule has 0 aromatic heterocycles. The highest BCUT2D eigenvalue weighted by Crippen LogP contribution is 2.17. The number of hydrogen-bond acceptors (Lipinski definition) is 2. The van der Waals surface area contributed by atoms with E-state index in [-0.39, 0.29) is 12.6 Å². The van der Waals surface area contributed by atoms with Crippen LogP contribution >= 0.6 is 15.9 Å². The Bertz CT molecular complexity index is 265. The molecule has 1 rings (SSSR count). The Balaban J connectivity index is 2.60. The van der Waals surface area contributed by atoms with E-state index in [1.807, 2.05) is 12.1 Å². The summed E-state index contributed by atoms with van der Waals surface area (Å²) in [5, 5.41) is 11.8. The number of rotatable bonds is 4. The third-order valence-corrected chi connectivity index (χ3v) is 2.40. The van der Waals surface area contributed by atoms with Gasteiger partial charge in [-0.15, -0.1) is 0 Å². The second-order valence-corrected chi connectivity index (χ2v) is 3.87. The largest absolute Gasteiger partial charge is 0.395 e. The third-order valence-electron chi connectivity index (χ3n) is 1.91. The molecule has 0 heterocycles. The monoisotopic (exact) mass is 243 g/mol. The van der Waals surface area contributed by atoms with Gasteiger partial charge in [0.25, 0.3) is 0 Å². The van der Waals surface area contributed by atoms with Crippen molar-refractivity contribution in [3.8, 4) is 0 Å². The average molecular weight is 244 g/mol. The lowest BCUT2D eigenvalue weighted by Crippen LogP contribution is -2.21. The number of hydrogen-bond donors (Lipinski definition) is 2. The van der Waals surface area contributed by atoms with Crippen LogP contribution in [0.2, 0.25) is 0 Å². The molecule has 0 spiro atoms. The van der Waals surface area contributed by atoms with E-state index in [0.717, 1.165) is 4.47 Å². The predicted octanol–water partition coefficient (Wildman–Crippen LogP) is 2.09. The molecule has 13 heavy (non-hydrogen) atoms. The Morgan fingerprint density at radius 2 is 2.31 bits per heavy atom. The van der Waals surface area contributed by atoms with Gasteiger partial charge in [-0.25, -0.2) is 0 Å². The van der Waals surface area contributed by atoms with Gasteiger partial charge in [0, 0.05) is 17.1 Å². The third kappa shape index (κ3) is 3.46. The van der Waals surface area contributed by atoms with Gasteiger partial charge in [0.05, 0.1) is 6.61 Å². The summed E-state index contributed by atoms with van der Waals surface area (Å²) in [7, 11) is 0. The smallest absolute Gasteiger partial charge is 0.0556 e. The molecule has 2 N–H and O–H groups in total. The van der Waals surface area contributed by atoms with Crippen molar-refractivity contribution in [1.82, 2.24) is 5.32 Å². The van der Waals surface area contributed by atoms with Gasteiger partial charge < -0.3 is 10.4 Å². The van der Waals surface area contributed by atoms with Crippen molar-refractivity contribution in [2.75, 3.05) is 13.2 Å². The Morgan fingerprint density at radius 3 is 2.92 bits per heavy atom. The summed E-state index contributed by atoms with van der Waals surface area (Å²) in [4.78, 5) is 0. The summed E-state index contributed by atoms with van der Waals surface area (Å²) in [5.74, 6) is 0. The van der Waals surface area contributed by atoms with Crippen LogP contribution in [-0.4, -0.2) is 18.3 Å². The van der Waals surface area contributed by atoms with Gasteiger partial charge in [0.15, 0.2) is 0 Å². The molecule has 0 aliphatic carbocycles. The lowest BCUT2D eigenvalue weighted by molar-refractivity contribution is 0.286. The van der Waals surface area contributed by atoms with Gasteiger partial charge >= 0.3 is 0 Å². The number of benzene rings is 1. The van der Waals surface area contributed by atoms with E-state index in [9.17, 15) is 0 Å². The zero-order valence-electron chi connectivity index (χ0n) is 7.63. The predicted molar refractivity (Wildman–Crippen MR) is 57.6 cm³/mol. The van der Waals surface area contributed by atoms with Gasteiger partial charge in [-0.05, 0) is 24.6 Å². The maximum Gasteiger partial charge on any atom is 0.0556 e. The van der Waals surface area contributed by atoms with E-state index < -0.39 is 0 Å². The molecule has 0 unspecified atom stereocenters. The highest BCUT2D eigenvalue weighted by Gasteiger charge is 2.03. The minimum atomic E-state index is 0.179. The van der Waals surface area contributed by atoms with Gasteiger partial charge in [-0.2, -0.15) is 0 Å². The van der Waals surface area contributed by atoms with E-state index in [1.165, 1.54) is 5.56 Å². The summed E-state index contributed by atoms with van der Waals surface area (Å²) < 4.78 is 1.09. The van der Waals surface area contributed by atoms with E-state index in [4.69, 9.17) is 5.11 Å². The summed E-state index contributed by atoms with van der Waals surface area (Å²) in [6.07, 6.45) is 0. The molecule has 72 valence electrons. The van der Waals surface area contributed by atoms with Crippen LogP contribution in [0.15, 0.2) is 28.7 Å². The fourth-order valence-electron chi connectivity index (χ4n) is 1.17. The minimum Gasteiger partial charge on any atom is -0.395 e. The Morgan fingerprint density at radius 1 is 1.54 bits per heavy atom. The maximum absolute atomic E-state index is 8.64. The first-order valence-electron chi connectivity index (χ1n) is 4.33. The minimum absolute atomic E-state index is 0.179. The van der Waals surface area contributed by atoms with Gasteiger partial charge in [-0.3, -0.25) is 0 Å². The summed E-state index contributed by atoms with van der Waals surface area (Å²) in [6, 6.07) is 8.44. The van der Waals surface area contributed by atoms with Crippen molar-refractivity contribution in [2.45, 2.75) is 13.0 Å². The molecule has 0 aliphatic heterocycles. The first-order chi connectivity index (χ1) is 6.24. The van der Waals surface area contributed by atoms with Crippen LogP contribution in [0.5, 0.6) is 0 Å². The van der Waals surface area contributed by atoms with Crippen LogP contribution < -0.4 is 5.32 Å². The fourth-order valence-corrected chi connectivity index (χ4v) is 1.59. The topological polar surface area (TPSA) is 32.3 Å². The summed E-state index contributed by atoms with van der Waals surface area (Å²) in [5.41, 5.74) is 1.22. The van der Waals surface area contributed by atoms with E-state index in [0.29, 0.717) is 6.54 Å². The molecule has 1 aromatic carbocycles. The highest BCUT2D eigenvalue weighted by atomic mass is 79.9. The second-order valence-electron chi connectivity index (χ2n) is 2.95. The molecular formula is C10H14BrNO. The van der Waals surface area contributed by atoms with Crippen molar-refractivity contribution >= 4 is 15.9 Å². The Kier molecular flexibility index (Phi) is 4.42. The normalized spacial score (nSPS) is 12.8. The zero-order valence-corrected chi connectivity index (χ0v) is 9.21. The first kappa shape index (κ1) is 10.7. The first-order valence-corrected chi connectivity index (χ1v) is 5.13. The lowest BCUT2D eigenvalue weighted by Gasteiger charge is -2.13. The molecule has 2 nitrogen and oxygen atoms in total.